The zero-order valence-electron chi connectivity index (χ0n) is 12.2. The zero-order valence-corrected chi connectivity index (χ0v) is 13.0. The second-order valence-corrected chi connectivity index (χ2v) is 7.38. The topological polar surface area (TPSA) is 40.6 Å². The van der Waals surface area contributed by atoms with Crippen LogP contribution in [0.1, 0.15) is 18.9 Å². The van der Waals surface area contributed by atoms with Crippen molar-refractivity contribution in [3.8, 4) is 0 Å². The fourth-order valence-electron chi connectivity index (χ4n) is 2.55. The molecule has 1 heterocycles. The molecule has 0 N–H and O–H groups in total. The van der Waals surface area contributed by atoms with Crippen molar-refractivity contribution < 1.29 is 8.42 Å². The number of hydrogen-bond donors (Lipinski definition) is 0. The van der Waals surface area contributed by atoms with Gasteiger partial charge in [-0.15, -0.1) is 0 Å². The lowest BCUT2D eigenvalue weighted by atomic mass is 10.1. The lowest BCUT2D eigenvalue weighted by molar-refractivity contribution is 0.190. The summed E-state index contributed by atoms with van der Waals surface area (Å²) >= 11 is 0. The molecule has 0 radical (unpaired) electrons. The maximum absolute atomic E-state index is 12.0. The van der Waals surface area contributed by atoms with Crippen molar-refractivity contribution in [1.82, 2.24) is 9.21 Å². The van der Waals surface area contributed by atoms with E-state index in [9.17, 15) is 8.42 Å². The van der Waals surface area contributed by atoms with Crippen molar-refractivity contribution in [3.63, 3.8) is 0 Å². The molecule has 2 rings (SSSR count). The third-order valence-electron chi connectivity index (χ3n) is 3.75. The summed E-state index contributed by atoms with van der Waals surface area (Å²) in [6.45, 7) is 5.87. The summed E-state index contributed by atoms with van der Waals surface area (Å²) in [6, 6.07) is 10.4. The Morgan fingerprint density at radius 1 is 1.05 bits per heavy atom. The molecule has 1 saturated heterocycles. The van der Waals surface area contributed by atoms with Gasteiger partial charge in [0, 0.05) is 32.7 Å². The van der Waals surface area contributed by atoms with E-state index >= 15 is 0 Å². The first-order valence-corrected chi connectivity index (χ1v) is 8.97. The summed E-state index contributed by atoms with van der Waals surface area (Å²) in [5, 5.41) is 0. The van der Waals surface area contributed by atoms with Gasteiger partial charge in [-0.2, -0.15) is 4.31 Å². The quantitative estimate of drug-likeness (QED) is 0.800. The molecule has 112 valence electrons. The molecule has 20 heavy (non-hydrogen) atoms. The van der Waals surface area contributed by atoms with Crippen LogP contribution >= 0.6 is 0 Å². The van der Waals surface area contributed by atoms with Crippen molar-refractivity contribution in [3.05, 3.63) is 35.9 Å². The Morgan fingerprint density at radius 2 is 1.70 bits per heavy atom. The van der Waals surface area contributed by atoms with Crippen molar-refractivity contribution in [1.29, 1.82) is 0 Å². The molecule has 5 heteroatoms. The van der Waals surface area contributed by atoms with Gasteiger partial charge in [0.2, 0.25) is 10.0 Å². The Labute approximate surface area is 122 Å². The highest BCUT2D eigenvalue weighted by Crippen LogP contribution is 2.10. The second kappa shape index (κ2) is 7.20. The number of hydrogen-bond acceptors (Lipinski definition) is 3. The van der Waals surface area contributed by atoms with Crippen LogP contribution in [0.2, 0.25) is 0 Å². The standard InChI is InChI=1S/C15H24N2O2S/c1-2-14-20(18,19)17-12-10-16(11-13-17)9-8-15-6-4-3-5-7-15/h3-7H,2,8-14H2,1H3. The van der Waals surface area contributed by atoms with Crippen LogP contribution in [0.25, 0.3) is 0 Å². The first-order valence-electron chi connectivity index (χ1n) is 7.36. The SMILES string of the molecule is CCCS(=O)(=O)N1CCN(CCc2ccccc2)CC1. The third kappa shape index (κ3) is 4.30. The molecular weight excluding hydrogens is 272 g/mol. The molecule has 0 aliphatic carbocycles. The van der Waals surface area contributed by atoms with Crippen LogP contribution in [0.3, 0.4) is 0 Å². The van der Waals surface area contributed by atoms with Crippen molar-refractivity contribution in [2.45, 2.75) is 19.8 Å². The molecule has 0 spiro atoms. The van der Waals surface area contributed by atoms with E-state index < -0.39 is 10.0 Å². The predicted molar refractivity (Wildman–Crippen MR) is 82.2 cm³/mol. The molecule has 0 bridgehead atoms. The van der Waals surface area contributed by atoms with Crippen LogP contribution in [0.4, 0.5) is 0 Å². The van der Waals surface area contributed by atoms with Crippen LogP contribution in [0.5, 0.6) is 0 Å². The minimum atomic E-state index is -3.02. The van der Waals surface area contributed by atoms with Gasteiger partial charge in [-0.05, 0) is 18.4 Å². The lowest BCUT2D eigenvalue weighted by Gasteiger charge is -2.33. The Morgan fingerprint density at radius 3 is 2.30 bits per heavy atom. The molecule has 0 unspecified atom stereocenters. The summed E-state index contributed by atoms with van der Waals surface area (Å²) in [7, 11) is -3.02. The van der Waals surface area contributed by atoms with Crippen LogP contribution in [0.15, 0.2) is 30.3 Å². The fourth-order valence-corrected chi connectivity index (χ4v) is 4.04. The van der Waals surface area contributed by atoms with E-state index in [1.807, 2.05) is 13.0 Å². The highest BCUT2D eigenvalue weighted by molar-refractivity contribution is 7.89. The number of benzene rings is 1. The summed E-state index contributed by atoms with van der Waals surface area (Å²) in [5.74, 6) is 0.275. The number of rotatable bonds is 6. The molecule has 1 aromatic carbocycles. The van der Waals surface area contributed by atoms with E-state index in [1.54, 1.807) is 4.31 Å². The highest BCUT2D eigenvalue weighted by atomic mass is 32.2. The first-order chi connectivity index (χ1) is 9.62. The monoisotopic (exact) mass is 296 g/mol. The van der Waals surface area contributed by atoms with Gasteiger partial charge in [-0.3, -0.25) is 0 Å². The Balaban J connectivity index is 1.77. The Bertz CT molecular complexity index is 494. The molecule has 1 aromatic rings. The molecule has 1 fully saturated rings. The Kier molecular flexibility index (Phi) is 5.57. The van der Waals surface area contributed by atoms with Crippen molar-refractivity contribution in [2.75, 3.05) is 38.5 Å². The molecule has 0 aromatic heterocycles. The third-order valence-corrected chi connectivity index (χ3v) is 5.82. The van der Waals surface area contributed by atoms with E-state index in [0.29, 0.717) is 19.5 Å². The maximum Gasteiger partial charge on any atom is 0.214 e. The molecule has 0 atom stereocenters. The van der Waals surface area contributed by atoms with E-state index in [4.69, 9.17) is 0 Å². The van der Waals surface area contributed by atoms with Crippen molar-refractivity contribution in [2.24, 2.45) is 0 Å². The number of nitrogens with zero attached hydrogens (tertiary/aromatic N) is 2. The summed E-state index contributed by atoms with van der Waals surface area (Å²) in [4.78, 5) is 2.35. The van der Waals surface area contributed by atoms with Gasteiger partial charge in [-0.25, -0.2) is 8.42 Å². The minimum absolute atomic E-state index is 0.275. The lowest BCUT2D eigenvalue weighted by Crippen LogP contribution is -2.49. The second-order valence-electron chi connectivity index (χ2n) is 5.29. The summed E-state index contributed by atoms with van der Waals surface area (Å²) in [5.41, 5.74) is 1.34. The zero-order chi connectivity index (χ0) is 14.4. The average Bonchev–Trinajstić information content (AvgIpc) is 2.47. The molecule has 4 nitrogen and oxygen atoms in total. The van der Waals surface area contributed by atoms with Gasteiger partial charge in [-0.1, -0.05) is 37.3 Å². The molecule has 0 amide bonds. The van der Waals surface area contributed by atoms with Crippen LogP contribution < -0.4 is 0 Å². The summed E-state index contributed by atoms with van der Waals surface area (Å²) in [6.07, 6.45) is 1.72. The maximum atomic E-state index is 12.0. The van der Waals surface area contributed by atoms with Gasteiger partial charge in [0.25, 0.3) is 0 Å². The van der Waals surface area contributed by atoms with Crippen LogP contribution in [-0.4, -0.2) is 56.1 Å². The number of sulfonamides is 1. The van der Waals surface area contributed by atoms with Gasteiger partial charge < -0.3 is 4.90 Å². The Hall–Kier alpha value is -0.910. The van der Waals surface area contributed by atoms with E-state index in [2.05, 4.69) is 29.2 Å². The molecule has 1 aliphatic rings. The van der Waals surface area contributed by atoms with Crippen molar-refractivity contribution >= 4 is 10.0 Å². The summed E-state index contributed by atoms with van der Waals surface area (Å²) < 4.78 is 25.6. The van der Waals surface area contributed by atoms with Gasteiger partial charge >= 0.3 is 0 Å². The minimum Gasteiger partial charge on any atom is -0.300 e. The van der Waals surface area contributed by atoms with Gasteiger partial charge in [0.15, 0.2) is 0 Å². The highest BCUT2D eigenvalue weighted by Gasteiger charge is 2.25. The predicted octanol–water partition coefficient (Wildman–Crippen LogP) is 1.59. The average molecular weight is 296 g/mol. The molecule has 0 saturated carbocycles. The largest absolute Gasteiger partial charge is 0.300 e. The molecular formula is C15H24N2O2S. The van der Waals surface area contributed by atoms with E-state index in [1.165, 1.54) is 5.56 Å². The molecule has 1 aliphatic heterocycles. The normalized spacial score (nSPS) is 18.2. The van der Waals surface area contributed by atoms with E-state index in [0.717, 1.165) is 26.1 Å². The smallest absolute Gasteiger partial charge is 0.214 e. The van der Waals surface area contributed by atoms with Crippen LogP contribution in [-0.2, 0) is 16.4 Å². The van der Waals surface area contributed by atoms with Gasteiger partial charge in [0.05, 0.1) is 5.75 Å². The van der Waals surface area contributed by atoms with E-state index in [-0.39, 0.29) is 5.75 Å². The number of piperazine rings is 1. The first kappa shape index (κ1) is 15.5. The van der Waals surface area contributed by atoms with Crippen LogP contribution in [0, 0.1) is 0 Å². The van der Waals surface area contributed by atoms with Gasteiger partial charge in [0.1, 0.15) is 0 Å². The fraction of sp³-hybridized carbons (Fsp3) is 0.600.